The number of hydrogen-bond acceptors (Lipinski definition) is 5. The molecule has 1 amide bonds. The highest BCUT2D eigenvalue weighted by Gasteiger charge is 2.33. The van der Waals surface area contributed by atoms with E-state index in [1.165, 1.54) is 5.56 Å². The Balaban J connectivity index is 1.49. The maximum Gasteiger partial charge on any atom is 0.257 e. The average molecular weight is 334 g/mol. The number of fused-ring (bicyclic) bond motifs is 1. The van der Waals surface area contributed by atoms with Gasteiger partial charge in [0.2, 0.25) is 0 Å². The van der Waals surface area contributed by atoms with Gasteiger partial charge in [-0.3, -0.25) is 4.79 Å². The highest BCUT2D eigenvalue weighted by molar-refractivity contribution is 5.98. The van der Waals surface area contributed by atoms with E-state index in [0.29, 0.717) is 31.9 Å². The molecule has 3 heterocycles. The quantitative estimate of drug-likeness (QED) is 0.837. The van der Waals surface area contributed by atoms with Gasteiger partial charge in [0.25, 0.3) is 5.91 Å². The predicted octanol–water partition coefficient (Wildman–Crippen LogP) is 1.75. The Bertz CT molecular complexity index is 828. The Morgan fingerprint density at radius 1 is 1.24 bits per heavy atom. The van der Waals surface area contributed by atoms with Crippen LogP contribution in [0.3, 0.4) is 0 Å². The third-order valence-corrected chi connectivity index (χ3v) is 4.72. The van der Waals surface area contributed by atoms with Crippen LogP contribution >= 0.6 is 0 Å². The van der Waals surface area contributed by atoms with Crippen molar-refractivity contribution in [3.63, 3.8) is 0 Å². The molecule has 0 bridgehead atoms. The molecule has 1 aromatic carbocycles. The first-order valence-corrected chi connectivity index (χ1v) is 8.38. The van der Waals surface area contributed by atoms with Gasteiger partial charge < -0.3 is 14.5 Å². The number of hydrogen-bond donors (Lipinski definition) is 0. The summed E-state index contributed by atoms with van der Waals surface area (Å²) in [5, 5.41) is 8.86. The average Bonchev–Trinajstić information content (AvgIpc) is 3.12. The lowest BCUT2D eigenvalue weighted by Crippen LogP contribution is -2.51. The summed E-state index contributed by atoms with van der Waals surface area (Å²) < 4.78 is 5.76. The molecular weight excluding hydrogens is 316 g/mol. The second-order valence-corrected chi connectivity index (χ2v) is 6.19. The molecule has 1 fully saturated rings. The van der Waals surface area contributed by atoms with Gasteiger partial charge in [0.1, 0.15) is 11.8 Å². The number of pyridine rings is 1. The normalized spacial score (nSPS) is 19.4. The summed E-state index contributed by atoms with van der Waals surface area (Å²) in [6.07, 6.45) is 2.07. The number of para-hydroxylation sites is 1. The summed E-state index contributed by atoms with van der Waals surface area (Å²) in [6, 6.07) is 13.6. The lowest BCUT2D eigenvalue weighted by molar-refractivity contribution is -0.130. The lowest BCUT2D eigenvalue weighted by atomic mass is 10.1. The first-order chi connectivity index (χ1) is 12.3. The van der Waals surface area contributed by atoms with Gasteiger partial charge in [-0.25, -0.2) is 4.98 Å². The molecule has 1 aromatic heterocycles. The van der Waals surface area contributed by atoms with Crippen molar-refractivity contribution in [2.45, 2.75) is 12.5 Å². The van der Waals surface area contributed by atoms with Crippen LogP contribution in [0.25, 0.3) is 0 Å². The van der Waals surface area contributed by atoms with Crippen molar-refractivity contribution >= 4 is 17.3 Å². The Morgan fingerprint density at radius 3 is 2.92 bits per heavy atom. The molecule has 0 aliphatic carbocycles. The Hall–Kier alpha value is -2.91. The van der Waals surface area contributed by atoms with Gasteiger partial charge in [-0.05, 0) is 30.2 Å². The largest absolute Gasteiger partial charge is 0.365 e. The van der Waals surface area contributed by atoms with Crippen molar-refractivity contribution in [2.75, 3.05) is 36.0 Å². The first kappa shape index (κ1) is 15.6. The van der Waals surface area contributed by atoms with Crippen molar-refractivity contribution in [3.8, 4) is 6.07 Å². The van der Waals surface area contributed by atoms with Crippen LogP contribution in [0.5, 0.6) is 0 Å². The molecule has 126 valence electrons. The molecule has 2 aliphatic heterocycles. The van der Waals surface area contributed by atoms with Gasteiger partial charge >= 0.3 is 0 Å². The molecule has 1 atom stereocenters. The summed E-state index contributed by atoms with van der Waals surface area (Å²) in [4.78, 5) is 21.0. The topological polar surface area (TPSA) is 69.5 Å². The van der Waals surface area contributed by atoms with Crippen molar-refractivity contribution in [3.05, 3.63) is 53.9 Å². The Labute approximate surface area is 146 Å². The SMILES string of the molecule is N#Cc1ccc(N2CCOC(C(=O)N3CCc4ccccc43)C2)cn1. The minimum Gasteiger partial charge on any atom is -0.365 e. The van der Waals surface area contributed by atoms with Crippen LogP contribution in [0.1, 0.15) is 11.3 Å². The number of amides is 1. The number of carbonyl (C=O) groups is 1. The molecule has 0 saturated carbocycles. The molecular formula is C19H18N4O2. The van der Waals surface area contributed by atoms with E-state index in [2.05, 4.69) is 16.0 Å². The standard InChI is InChI=1S/C19H18N4O2/c20-11-15-5-6-16(12-21-15)22-9-10-25-18(13-22)19(24)23-8-7-14-3-1-2-4-17(14)23/h1-6,12,18H,7-10,13H2. The van der Waals surface area contributed by atoms with Crippen LogP contribution < -0.4 is 9.80 Å². The van der Waals surface area contributed by atoms with Crippen LogP contribution in [-0.4, -0.2) is 43.2 Å². The molecule has 25 heavy (non-hydrogen) atoms. The lowest BCUT2D eigenvalue weighted by Gasteiger charge is -2.35. The monoisotopic (exact) mass is 334 g/mol. The fourth-order valence-corrected chi connectivity index (χ4v) is 3.41. The van der Waals surface area contributed by atoms with E-state index >= 15 is 0 Å². The van der Waals surface area contributed by atoms with E-state index in [9.17, 15) is 4.79 Å². The number of carbonyl (C=O) groups excluding carboxylic acids is 1. The Morgan fingerprint density at radius 2 is 2.12 bits per heavy atom. The minimum atomic E-state index is -0.490. The number of benzene rings is 1. The molecule has 0 N–H and O–H groups in total. The molecule has 6 heteroatoms. The van der Waals surface area contributed by atoms with E-state index in [1.54, 1.807) is 12.3 Å². The third kappa shape index (κ3) is 2.94. The van der Waals surface area contributed by atoms with E-state index in [4.69, 9.17) is 10.00 Å². The molecule has 1 saturated heterocycles. The second kappa shape index (κ2) is 6.54. The fourth-order valence-electron chi connectivity index (χ4n) is 3.41. The smallest absolute Gasteiger partial charge is 0.257 e. The molecule has 2 aromatic rings. The summed E-state index contributed by atoms with van der Waals surface area (Å²) in [5.74, 6) is 0.0104. The van der Waals surface area contributed by atoms with E-state index in [-0.39, 0.29) is 5.91 Å². The van der Waals surface area contributed by atoms with Crippen LogP contribution in [0.15, 0.2) is 42.6 Å². The second-order valence-electron chi connectivity index (χ2n) is 6.19. The fraction of sp³-hybridized carbons (Fsp3) is 0.316. The van der Waals surface area contributed by atoms with Crippen molar-refractivity contribution in [2.24, 2.45) is 0 Å². The van der Waals surface area contributed by atoms with Crippen LogP contribution in [-0.2, 0) is 16.0 Å². The van der Waals surface area contributed by atoms with Crippen molar-refractivity contribution in [1.82, 2.24) is 4.98 Å². The summed E-state index contributed by atoms with van der Waals surface area (Å²) in [5.41, 5.74) is 3.49. The first-order valence-electron chi connectivity index (χ1n) is 8.38. The maximum atomic E-state index is 13.0. The molecule has 6 nitrogen and oxygen atoms in total. The number of rotatable bonds is 2. The van der Waals surface area contributed by atoms with Crippen molar-refractivity contribution in [1.29, 1.82) is 5.26 Å². The number of nitrogens with zero attached hydrogens (tertiary/aromatic N) is 4. The molecule has 0 spiro atoms. The zero-order valence-electron chi connectivity index (χ0n) is 13.8. The number of anilines is 2. The van der Waals surface area contributed by atoms with Gasteiger partial charge in [0.05, 0.1) is 25.0 Å². The molecule has 4 rings (SSSR count). The van der Waals surface area contributed by atoms with Gasteiger partial charge in [-0.2, -0.15) is 5.26 Å². The minimum absolute atomic E-state index is 0.0104. The molecule has 2 aliphatic rings. The highest BCUT2D eigenvalue weighted by Crippen LogP contribution is 2.29. The summed E-state index contributed by atoms with van der Waals surface area (Å²) in [6.45, 7) is 2.39. The summed E-state index contributed by atoms with van der Waals surface area (Å²) >= 11 is 0. The van der Waals surface area contributed by atoms with Gasteiger partial charge in [-0.15, -0.1) is 0 Å². The summed E-state index contributed by atoms with van der Waals surface area (Å²) in [7, 11) is 0. The molecule has 1 unspecified atom stereocenters. The van der Waals surface area contributed by atoms with Crippen LogP contribution in [0.2, 0.25) is 0 Å². The van der Waals surface area contributed by atoms with E-state index in [1.807, 2.05) is 35.2 Å². The zero-order chi connectivity index (χ0) is 17.2. The van der Waals surface area contributed by atoms with Crippen molar-refractivity contribution < 1.29 is 9.53 Å². The van der Waals surface area contributed by atoms with Crippen LogP contribution in [0, 0.1) is 11.3 Å². The van der Waals surface area contributed by atoms with E-state index < -0.39 is 6.10 Å². The van der Waals surface area contributed by atoms with Crippen LogP contribution in [0.4, 0.5) is 11.4 Å². The highest BCUT2D eigenvalue weighted by atomic mass is 16.5. The predicted molar refractivity (Wildman–Crippen MR) is 93.4 cm³/mol. The maximum absolute atomic E-state index is 13.0. The number of morpholine rings is 1. The zero-order valence-corrected chi connectivity index (χ0v) is 13.8. The number of aromatic nitrogens is 1. The Kier molecular flexibility index (Phi) is 4.08. The molecule has 0 radical (unpaired) electrons. The van der Waals surface area contributed by atoms with Gasteiger partial charge in [-0.1, -0.05) is 18.2 Å². The number of nitriles is 1. The van der Waals surface area contributed by atoms with Gasteiger partial charge in [0.15, 0.2) is 6.10 Å². The van der Waals surface area contributed by atoms with E-state index in [0.717, 1.165) is 17.8 Å². The van der Waals surface area contributed by atoms with Gasteiger partial charge in [0, 0.05) is 18.8 Å². The third-order valence-electron chi connectivity index (χ3n) is 4.72. The number of ether oxygens (including phenoxy) is 1.